The normalized spacial score (nSPS) is 12.4. The van der Waals surface area contributed by atoms with E-state index in [9.17, 15) is 39.9 Å². The second-order valence-corrected chi connectivity index (χ2v) is 7.87. The lowest BCUT2D eigenvalue weighted by Gasteiger charge is -2.32. The number of ether oxygens (including phenoxy) is 2. The largest absolute Gasteiger partial charge is 0.496 e. The van der Waals surface area contributed by atoms with Crippen molar-refractivity contribution in [2.24, 2.45) is 0 Å². The van der Waals surface area contributed by atoms with Gasteiger partial charge >= 0.3 is 18.0 Å². The van der Waals surface area contributed by atoms with Crippen LogP contribution in [0.25, 0.3) is 0 Å². The summed E-state index contributed by atoms with van der Waals surface area (Å²) in [6, 6.07) is 7.38. The first-order valence-electron chi connectivity index (χ1n) is 9.42. The van der Waals surface area contributed by atoms with Gasteiger partial charge in [-0.1, -0.05) is 18.2 Å². The molecule has 0 aliphatic heterocycles. The molecule has 0 aliphatic rings. The van der Waals surface area contributed by atoms with Crippen molar-refractivity contribution in [2.45, 2.75) is 31.0 Å². The Morgan fingerprint density at radius 2 is 1.53 bits per heavy atom. The molecule has 2 aromatic rings. The summed E-state index contributed by atoms with van der Waals surface area (Å²) in [5.41, 5.74) is -0.0953. The molecule has 2 aromatic carbocycles. The van der Waals surface area contributed by atoms with Crippen molar-refractivity contribution >= 4 is 21.8 Å². The van der Waals surface area contributed by atoms with Crippen molar-refractivity contribution in [3.05, 3.63) is 57.8 Å². The van der Waals surface area contributed by atoms with Crippen LogP contribution in [0.1, 0.15) is 11.1 Å². The van der Waals surface area contributed by atoms with Gasteiger partial charge in [-0.2, -0.15) is 30.7 Å². The molecule has 0 heterocycles. The highest BCUT2D eigenvalue weighted by Gasteiger charge is 2.76. The number of amides is 1. The fourth-order valence-electron chi connectivity index (χ4n) is 2.97. The lowest BCUT2D eigenvalue weighted by atomic mass is 10.1. The fourth-order valence-corrected chi connectivity index (χ4v) is 3.45. The Kier molecular flexibility index (Phi) is 8.43. The van der Waals surface area contributed by atoms with E-state index >= 15 is 0 Å². The lowest BCUT2D eigenvalue weighted by molar-refractivity contribution is -0.346. The smallest absolute Gasteiger partial charge is 0.460 e. The summed E-state index contributed by atoms with van der Waals surface area (Å²) >= 11 is 3.20. The Labute approximate surface area is 197 Å². The van der Waals surface area contributed by atoms with E-state index in [1.54, 1.807) is 0 Å². The molecule has 0 aliphatic carbocycles. The Bertz CT molecular complexity index is 1030. The van der Waals surface area contributed by atoms with Crippen molar-refractivity contribution in [2.75, 3.05) is 20.8 Å². The topological polar surface area (TPSA) is 38.8 Å². The SMILES string of the molecule is COc1cc(CCN(Cc2ccccc2F)C(=O)C(F)(F)C(F)(F)C(F)(F)F)c(OC)cc1Br. The number of methoxy groups -OCH3 is 2. The van der Waals surface area contributed by atoms with Crippen LogP contribution in [0, 0.1) is 5.82 Å². The second kappa shape index (κ2) is 10.4. The first kappa shape index (κ1) is 27.7. The second-order valence-electron chi connectivity index (χ2n) is 7.01. The summed E-state index contributed by atoms with van der Waals surface area (Å²) in [4.78, 5) is 12.4. The molecule has 188 valence electrons. The maximum absolute atomic E-state index is 14.2. The standard InChI is InChI=1S/C21H18BrF8NO3/c1-33-16-10-14(22)17(34-2)9-12(16)7-8-31(11-13-5-3-4-6-15(13)23)18(32)19(24,25)20(26,27)21(28,29)30/h3-6,9-10H,7-8,11H2,1-2H3. The molecule has 4 nitrogen and oxygen atoms in total. The zero-order valence-electron chi connectivity index (χ0n) is 17.7. The van der Waals surface area contributed by atoms with Gasteiger partial charge in [0.1, 0.15) is 17.3 Å². The van der Waals surface area contributed by atoms with Crippen LogP contribution >= 0.6 is 15.9 Å². The van der Waals surface area contributed by atoms with Crippen molar-refractivity contribution in [1.82, 2.24) is 4.90 Å². The van der Waals surface area contributed by atoms with Gasteiger partial charge in [0.15, 0.2) is 0 Å². The zero-order valence-corrected chi connectivity index (χ0v) is 19.2. The van der Waals surface area contributed by atoms with E-state index in [4.69, 9.17) is 9.47 Å². The van der Waals surface area contributed by atoms with Gasteiger partial charge in [-0.05, 0) is 46.1 Å². The third-order valence-corrected chi connectivity index (χ3v) is 5.45. The van der Waals surface area contributed by atoms with E-state index in [0.29, 0.717) is 4.47 Å². The summed E-state index contributed by atoms with van der Waals surface area (Å²) in [5.74, 6) is -16.1. The monoisotopic (exact) mass is 563 g/mol. The molecule has 13 heteroatoms. The minimum absolute atomic E-state index is 0.0476. The molecule has 34 heavy (non-hydrogen) atoms. The Morgan fingerprint density at radius 1 is 0.941 bits per heavy atom. The molecule has 0 bridgehead atoms. The van der Waals surface area contributed by atoms with E-state index in [1.165, 1.54) is 38.5 Å². The minimum atomic E-state index is -6.70. The number of benzene rings is 2. The lowest BCUT2D eigenvalue weighted by Crippen LogP contribution is -2.60. The molecule has 0 aromatic heterocycles. The van der Waals surface area contributed by atoms with Crippen LogP contribution in [0.5, 0.6) is 11.5 Å². The van der Waals surface area contributed by atoms with Gasteiger partial charge in [0, 0.05) is 18.7 Å². The number of nitrogens with zero attached hydrogens (tertiary/aromatic N) is 1. The van der Waals surface area contributed by atoms with Crippen LogP contribution in [-0.2, 0) is 17.8 Å². The van der Waals surface area contributed by atoms with Crippen molar-refractivity contribution in [3.8, 4) is 11.5 Å². The van der Waals surface area contributed by atoms with E-state index in [0.717, 1.165) is 12.1 Å². The van der Waals surface area contributed by atoms with Gasteiger partial charge in [0.2, 0.25) is 0 Å². The molecular weight excluding hydrogens is 546 g/mol. The highest BCUT2D eigenvalue weighted by molar-refractivity contribution is 9.10. The summed E-state index contributed by atoms with van der Waals surface area (Å²) in [6.45, 7) is -1.75. The van der Waals surface area contributed by atoms with Crippen LogP contribution in [0.3, 0.4) is 0 Å². The van der Waals surface area contributed by atoms with Crippen LogP contribution in [-0.4, -0.2) is 49.6 Å². The highest BCUT2D eigenvalue weighted by Crippen LogP contribution is 2.47. The van der Waals surface area contributed by atoms with Gasteiger partial charge < -0.3 is 14.4 Å². The molecule has 0 unspecified atom stereocenters. The highest BCUT2D eigenvalue weighted by atomic mass is 79.9. The number of alkyl halides is 7. The first-order valence-corrected chi connectivity index (χ1v) is 10.2. The summed E-state index contributed by atoms with van der Waals surface area (Å²) in [5, 5.41) is 0. The van der Waals surface area contributed by atoms with Gasteiger partial charge in [-0.3, -0.25) is 4.79 Å². The zero-order chi connectivity index (χ0) is 25.9. The number of hydrogen-bond donors (Lipinski definition) is 0. The minimum Gasteiger partial charge on any atom is -0.496 e. The van der Waals surface area contributed by atoms with Gasteiger partial charge in [0.25, 0.3) is 5.91 Å². The molecule has 0 fully saturated rings. The fraction of sp³-hybridized carbons (Fsp3) is 0.381. The number of carbonyl (C=O) groups excluding carboxylic acids is 1. The van der Waals surface area contributed by atoms with E-state index in [2.05, 4.69) is 15.9 Å². The van der Waals surface area contributed by atoms with E-state index in [-0.39, 0.29) is 33.9 Å². The first-order chi connectivity index (χ1) is 15.7. The molecule has 0 saturated carbocycles. The van der Waals surface area contributed by atoms with Crippen LogP contribution in [0.2, 0.25) is 0 Å². The number of rotatable bonds is 9. The van der Waals surface area contributed by atoms with Crippen LogP contribution in [0.15, 0.2) is 40.9 Å². The predicted molar refractivity (Wildman–Crippen MR) is 109 cm³/mol. The van der Waals surface area contributed by atoms with E-state index < -0.39 is 42.8 Å². The molecule has 0 radical (unpaired) electrons. The summed E-state index contributed by atoms with van der Waals surface area (Å²) < 4.78 is 118. The maximum atomic E-state index is 14.2. The summed E-state index contributed by atoms with van der Waals surface area (Å²) in [6.07, 6.45) is -7.02. The van der Waals surface area contributed by atoms with E-state index in [1.807, 2.05) is 0 Å². The van der Waals surface area contributed by atoms with Crippen LogP contribution in [0.4, 0.5) is 35.1 Å². The van der Waals surface area contributed by atoms with Gasteiger partial charge in [-0.15, -0.1) is 0 Å². The maximum Gasteiger partial charge on any atom is 0.460 e. The third-order valence-electron chi connectivity index (χ3n) is 4.83. The molecule has 2 rings (SSSR count). The number of hydrogen-bond acceptors (Lipinski definition) is 3. The van der Waals surface area contributed by atoms with Crippen molar-refractivity contribution < 1.29 is 49.4 Å². The van der Waals surface area contributed by atoms with Gasteiger partial charge in [0.05, 0.1) is 18.7 Å². The average Bonchev–Trinajstić information content (AvgIpc) is 2.76. The number of halogens is 9. The Hall–Kier alpha value is -2.57. The molecule has 0 N–H and O–H groups in total. The van der Waals surface area contributed by atoms with Crippen molar-refractivity contribution in [3.63, 3.8) is 0 Å². The molecule has 0 saturated heterocycles. The molecule has 0 spiro atoms. The molecular formula is C21H18BrF8NO3. The Balaban J connectivity index is 2.45. The van der Waals surface area contributed by atoms with Crippen LogP contribution < -0.4 is 9.47 Å². The van der Waals surface area contributed by atoms with Gasteiger partial charge in [-0.25, -0.2) is 4.39 Å². The third kappa shape index (κ3) is 5.56. The average molecular weight is 564 g/mol. The quantitative estimate of drug-likeness (QED) is 0.351. The number of carbonyl (C=O) groups is 1. The summed E-state index contributed by atoms with van der Waals surface area (Å²) in [7, 11) is 2.60. The molecule has 1 amide bonds. The van der Waals surface area contributed by atoms with Crippen molar-refractivity contribution in [1.29, 1.82) is 0 Å². The molecule has 0 atom stereocenters. The predicted octanol–water partition coefficient (Wildman–Crippen LogP) is 6.01. The Morgan fingerprint density at radius 3 is 2.06 bits per heavy atom.